The molecule has 4 rings (SSSR count). The monoisotopic (exact) mass is 671 g/mol. The molecule has 1 N–H and O–H groups in total. The van der Waals surface area contributed by atoms with Crippen LogP contribution in [-0.2, 0) is 32.6 Å². The maximum atomic E-state index is 14.4. The standard InChI is InChI=1S/C33H32Cl3N3O4S/c1-2-19-37-33(41)31(20-24-9-5-3-6-10-24)38(22-25-13-14-27(35)21-30(25)36)32(40)23-39(28-17-15-26(34)16-18-28)44(42,43)29-11-7-4-8-12-29/h3-18,21,31H,2,19-20,22-23H2,1H3,(H,37,41)/t31-/m0/s1. The molecule has 7 nitrogen and oxygen atoms in total. The fourth-order valence-corrected chi connectivity index (χ4v) is 6.64. The molecule has 4 aromatic carbocycles. The van der Waals surface area contributed by atoms with Gasteiger partial charge in [-0.25, -0.2) is 8.42 Å². The van der Waals surface area contributed by atoms with Crippen molar-refractivity contribution < 1.29 is 18.0 Å². The van der Waals surface area contributed by atoms with Crippen LogP contribution >= 0.6 is 34.8 Å². The van der Waals surface area contributed by atoms with E-state index in [2.05, 4.69) is 5.32 Å². The summed E-state index contributed by atoms with van der Waals surface area (Å²) in [6.07, 6.45) is 0.889. The van der Waals surface area contributed by atoms with Crippen LogP contribution in [0.3, 0.4) is 0 Å². The van der Waals surface area contributed by atoms with E-state index in [0.717, 1.165) is 9.87 Å². The minimum atomic E-state index is -4.20. The zero-order chi connectivity index (χ0) is 31.7. The number of carbonyl (C=O) groups is 2. The molecular formula is C33H32Cl3N3O4S. The number of sulfonamides is 1. The first-order chi connectivity index (χ1) is 21.1. The zero-order valence-corrected chi connectivity index (χ0v) is 27.1. The van der Waals surface area contributed by atoms with Crippen LogP contribution in [0.15, 0.2) is 108 Å². The third kappa shape index (κ3) is 8.54. The molecule has 0 bridgehead atoms. The summed E-state index contributed by atoms with van der Waals surface area (Å²) in [4.78, 5) is 29.5. The molecule has 0 heterocycles. The van der Waals surface area contributed by atoms with E-state index in [1.807, 2.05) is 37.3 Å². The predicted octanol–water partition coefficient (Wildman–Crippen LogP) is 7.01. The van der Waals surface area contributed by atoms with Gasteiger partial charge in [0.1, 0.15) is 12.6 Å². The van der Waals surface area contributed by atoms with E-state index >= 15 is 0 Å². The van der Waals surface area contributed by atoms with E-state index in [1.165, 1.54) is 29.2 Å². The number of rotatable bonds is 13. The summed E-state index contributed by atoms with van der Waals surface area (Å²) in [5, 5.41) is 4.05. The van der Waals surface area contributed by atoms with Crippen LogP contribution in [0, 0.1) is 0 Å². The molecule has 0 spiro atoms. The van der Waals surface area contributed by atoms with Crippen LogP contribution in [0.4, 0.5) is 5.69 Å². The van der Waals surface area contributed by atoms with Crippen molar-refractivity contribution in [1.82, 2.24) is 10.2 Å². The van der Waals surface area contributed by atoms with E-state index in [4.69, 9.17) is 34.8 Å². The average molecular weight is 673 g/mol. The Kier molecular flexibility index (Phi) is 11.7. The van der Waals surface area contributed by atoms with Gasteiger partial charge in [-0.2, -0.15) is 0 Å². The van der Waals surface area contributed by atoms with Crippen molar-refractivity contribution in [2.45, 2.75) is 37.2 Å². The highest BCUT2D eigenvalue weighted by molar-refractivity contribution is 7.92. The topological polar surface area (TPSA) is 86.8 Å². The second-order valence-electron chi connectivity index (χ2n) is 10.1. The fraction of sp³-hybridized carbons (Fsp3) is 0.212. The molecule has 2 amide bonds. The van der Waals surface area contributed by atoms with Crippen molar-refractivity contribution in [3.8, 4) is 0 Å². The number of benzene rings is 4. The number of nitrogens with zero attached hydrogens (tertiary/aromatic N) is 2. The highest BCUT2D eigenvalue weighted by Gasteiger charge is 2.34. The van der Waals surface area contributed by atoms with Crippen LogP contribution in [0.5, 0.6) is 0 Å². The van der Waals surface area contributed by atoms with Gasteiger partial charge in [0.15, 0.2) is 0 Å². The Morgan fingerprint density at radius 1 is 0.818 bits per heavy atom. The normalized spacial score (nSPS) is 11.9. The number of anilines is 1. The summed E-state index contributed by atoms with van der Waals surface area (Å²) < 4.78 is 29.0. The van der Waals surface area contributed by atoms with E-state index in [0.29, 0.717) is 33.6 Å². The first-order valence-corrected chi connectivity index (χ1v) is 16.6. The number of hydrogen-bond acceptors (Lipinski definition) is 4. The smallest absolute Gasteiger partial charge is 0.264 e. The van der Waals surface area contributed by atoms with Crippen LogP contribution in [0.1, 0.15) is 24.5 Å². The lowest BCUT2D eigenvalue weighted by atomic mass is 10.0. The Hall–Kier alpha value is -3.56. The Morgan fingerprint density at radius 2 is 1.43 bits per heavy atom. The molecule has 44 heavy (non-hydrogen) atoms. The van der Waals surface area contributed by atoms with E-state index in [9.17, 15) is 18.0 Å². The molecular weight excluding hydrogens is 641 g/mol. The van der Waals surface area contributed by atoms with E-state index in [-0.39, 0.29) is 29.5 Å². The molecule has 0 aromatic heterocycles. The van der Waals surface area contributed by atoms with Gasteiger partial charge in [0.05, 0.1) is 10.6 Å². The number of carbonyl (C=O) groups excluding carboxylic acids is 2. The van der Waals surface area contributed by atoms with Gasteiger partial charge in [-0.1, -0.05) is 96.3 Å². The van der Waals surface area contributed by atoms with Gasteiger partial charge in [0, 0.05) is 34.6 Å². The molecule has 0 aliphatic heterocycles. The van der Waals surface area contributed by atoms with Crippen LogP contribution in [0.2, 0.25) is 15.1 Å². The molecule has 0 unspecified atom stereocenters. The molecule has 0 fully saturated rings. The molecule has 4 aromatic rings. The maximum absolute atomic E-state index is 14.4. The average Bonchev–Trinajstić information content (AvgIpc) is 3.02. The second-order valence-corrected chi connectivity index (χ2v) is 13.2. The lowest BCUT2D eigenvalue weighted by Gasteiger charge is -2.34. The van der Waals surface area contributed by atoms with Gasteiger partial charge in [0.2, 0.25) is 11.8 Å². The van der Waals surface area contributed by atoms with Crippen molar-refractivity contribution in [2.24, 2.45) is 0 Å². The zero-order valence-electron chi connectivity index (χ0n) is 24.0. The summed E-state index contributed by atoms with van der Waals surface area (Å²) in [6, 6.07) is 27.3. The lowest BCUT2D eigenvalue weighted by molar-refractivity contribution is -0.140. The fourth-order valence-electron chi connectivity index (χ4n) is 4.61. The maximum Gasteiger partial charge on any atom is 0.264 e. The molecule has 0 aliphatic carbocycles. The van der Waals surface area contributed by atoms with Crippen LogP contribution < -0.4 is 9.62 Å². The molecule has 0 aliphatic rings. The first-order valence-electron chi connectivity index (χ1n) is 14.0. The molecule has 1 atom stereocenters. The van der Waals surface area contributed by atoms with Gasteiger partial charge in [0.25, 0.3) is 10.0 Å². The Labute approximate surface area is 273 Å². The molecule has 230 valence electrons. The van der Waals surface area contributed by atoms with Crippen molar-refractivity contribution in [2.75, 3.05) is 17.4 Å². The largest absolute Gasteiger partial charge is 0.354 e. The summed E-state index contributed by atoms with van der Waals surface area (Å²) in [7, 11) is -4.20. The summed E-state index contributed by atoms with van der Waals surface area (Å²) in [5.74, 6) is -0.962. The van der Waals surface area contributed by atoms with E-state index in [1.54, 1.807) is 48.5 Å². The Bertz CT molecular complexity index is 1670. The number of amides is 2. The third-order valence-corrected chi connectivity index (χ3v) is 9.53. The number of hydrogen-bond donors (Lipinski definition) is 1. The van der Waals surface area contributed by atoms with Gasteiger partial charge in [-0.15, -0.1) is 0 Å². The molecule has 0 radical (unpaired) electrons. The van der Waals surface area contributed by atoms with E-state index < -0.39 is 28.5 Å². The van der Waals surface area contributed by atoms with Crippen molar-refractivity contribution >= 4 is 62.3 Å². The van der Waals surface area contributed by atoms with Crippen molar-refractivity contribution in [1.29, 1.82) is 0 Å². The lowest BCUT2D eigenvalue weighted by Crippen LogP contribution is -2.53. The quantitative estimate of drug-likeness (QED) is 0.166. The highest BCUT2D eigenvalue weighted by Crippen LogP contribution is 2.28. The highest BCUT2D eigenvalue weighted by atomic mass is 35.5. The summed E-state index contributed by atoms with van der Waals surface area (Å²) in [5.41, 5.74) is 1.62. The number of nitrogens with one attached hydrogen (secondary N) is 1. The number of halogens is 3. The Balaban J connectivity index is 1.80. The SMILES string of the molecule is CCCNC(=O)[C@H](Cc1ccccc1)N(Cc1ccc(Cl)cc1Cl)C(=O)CN(c1ccc(Cl)cc1)S(=O)(=O)c1ccccc1. The minimum absolute atomic E-state index is 0.0107. The van der Waals surface area contributed by atoms with Gasteiger partial charge in [-0.05, 0) is 66.1 Å². The summed E-state index contributed by atoms with van der Waals surface area (Å²) in [6.45, 7) is 1.69. The van der Waals surface area contributed by atoms with Gasteiger partial charge >= 0.3 is 0 Å². The van der Waals surface area contributed by atoms with Crippen molar-refractivity contribution in [3.63, 3.8) is 0 Å². The summed E-state index contributed by atoms with van der Waals surface area (Å²) >= 11 is 18.8. The minimum Gasteiger partial charge on any atom is -0.354 e. The molecule has 0 saturated carbocycles. The molecule has 0 saturated heterocycles. The second kappa shape index (κ2) is 15.4. The van der Waals surface area contributed by atoms with Crippen LogP contribution in [-0.4, -0.2) is 44.3 Å². The predicted molar refractivity (Wildman–Crippen MR) is 177 cm³/mol. The molecule has 11 heteroatoms. The first kappa shape index (κ1) is 33.3. The Morgan fingerprint density at radius 3 is 2.05 bits per heavy atom. The van der Waals surface area contributed by atoms with Crippen LogP contribution in [0.25, 0.3) is 0 Å². The van der Waals surface area contributed by atoms with Gasteiger partial charge in [-0.3, -0.25) is 13.9 Å². The van der Waals surface area contributed by atoms with Gasteiger partial charge < -0.3 is 10.2 Å². The van der Waals surface area contributed by atoms with Crippen molar-refractivity contribution in [3.05, 3.63) is 129 Å². The third-order valence-electron chi connectivity index (χ3n) is 6.90.